The Morgan fingerprint density at radius 2 is 1.73 bits per heavy atom. The molecule has 1 aliphatic rings. The number of carboxylic acid groups (broad SMARTS) is 2. The molecule has 1 fully saturated rings. The van der Waals surface area contributed by atoms with Crippen molar-refractivity contribution in [3.63, 3.8) is 0 Å². The maximum atomic E-state index is 14.0. The minimum Gasteiger partial charge on any atom is -0.481 e. The lowest BCUT2D eigenvalue weighted by Gasteiger charge is -2.37. The Morgan fingerprint density at radius 1 is 1.05 bits per heavy atom. The first-order valence-electron chi connectivity index (χ1n) is 12.2. The van der Waals surface area contributed by atoms with E-state index in [2.05, 4.69) is 9.97 Å². The van der Waals surface area contributed by atoms with Gasteiger partial charge in [0.2, 0.25) is 0 Å². The predicted molar refractivity (Wildman–Crippen MR) is 138 cm³/mol. The molecule has 0 spiro atoms. The van der Waals surface area contributed by atoms with E-state index in [1.807, 2.05) is 0 Å². The van der Waals surface area contributed by atoms with E-state index in [9.17, 15) is 37.8 Å². The number of hydrogen-bond donors (Lipinski definition) is 3. The Hall–Kier alpha value is -4.58. The van der Waals surface area contributed by atoms with Crippen LogP contribution in [0.3, 0.4) is 0 Å². The molecule has 3 heterocycles. The average molecular weight is 588 g/mol. The van der Waals surface area contributed by atoms with E-state index in [0.29, 0.717) is 34.2 Å². The number of benzene rings is 2. The summed E-state index contributed by atoms with van der Waals surface area (Å²) < 4.78 is 45.5. The Morgan fingerprint density at radius 3 is 2.29 bits per heavy atom. The number of halogens is 4. The summed E-state index contributed by atoms with van der Waals surface area (Å²) >= 11 is 5.96. The highest BCUT2D eigenvalue weighted by Crippen LogP contribution is 2.50. The Balaban J connectivity index is 1.66. The molecule has 0 saturated carbocycles. The molecule has 5 rings (SSSR count). The summed E-state index contributed by atoms with van der Waals surface area (Å²) in [6.07, 6.45) is -2.87. The third-order valence-electron chi connectivity index (χ3n) is 7.16. The van der Waals surface area contributed by atoms with Crippen LogP contribution in [0.25, 0.3) is 11.3 Å². The number of nitrogens with one attached hydrogen (secondary N) is 1. The predicted octanol–water partition coefficient (Wildman–Crippen LogP) is 5.70. The Bertz CT molecular complexity index is 1590. The number of hydrogen-bond acceptors (Lipinski definition) is 5. The summed E-state index contributed by atoms with van der Waals surface area (Å²) in [6.45, 7) is 0. The first kappa shape index (κ1) is 28.0. The van der Waals surface area contributed by atoms with Crippen molar-refractivity contribution in [1.82, 2.24) is 14.9 Å². The summed E-state index contributed by atoms with van der Waals surface area (Å²) in [6, 6.07) is 11.4. The zero-order valence-electron chi connectivity index (χ0n) is 20.9. The van der Waals surface area contributed by atoms with E-state index in [-0.39, 0.29) is 17.7 Å². The lowest BCUT2D eigenvalue weighted by atomic mass is 9.86. The number of aliphatic carboxylic acids is 2. The normalized spacial score (nSPS) is 20.7. The number of imidazole rings is 1. The second kappa shape index (κ2) is 10.4. The van der Waals surface area contributed by atoms with Crippen LogP contribution in [0.2, 0.25) is 5.02 Å². The molecule has 1 saturated heterocycles. The van der Waals surface area contributed by atoms with Crippen molar-refractivity contribution in [3.8, 4) is 11.3 Å². The van der Waals surface area contributed by atoms with Crippen molar-refractivity contribution in [2.75, 3.05) is 0 Å². The van der Waals surface area contributed by atoms with Crippen molar-refractivity contribution < 1.29 is 42.2 Å². The smallest absolute Gasteiger partial charge is 0.416 e. The molecule has 2 aromatic carbocycles. The van der Waals surface area contributed by atoms with Crippen LogP contribution in [0.1, 0.15) is 39.8 Å². The largest absolute Gasteiger partial charge is 0.481 e. The second-order valence-corrected chi connectivity index (χ2v) is 10.1. The number of carbonyl (C=O) groups excluding carboxylic acids is 1. The van der Waals surface area contributed by atoms with Gasteiger partial charge in [-0.05, 0) is 67.1 Å². The van der Waals surface area contributed by atoms with E-state index in [0.717, 1.165) is 17.0 Å². The van der Waals surface area contributed by atoms with Gasteiger partial charge in [-0.2, -0.15) is 13.2 Å². The zero-order valence-corrected chi connectivity index (χ0v) is 21.7. The molecule has 0 aliphatic carbocycles. The fraction of sp³-hybridized carbons (Fsp3) is 0.214. The van der Waals surface area contributed by atoms with Gasteiger partial charge in [-0.25, -0.2) is 9.78 Å². The van der Waals surface area contributed by atoms with Crippen LogP contribution >= 0.6 is 11.6 Å². The van der Waals surface area contributed by atoms with E-state index >= 15 is 0 Å². The fourth-order valence-corrected chi connectivity index (χ4v) is 5.36. The Labute approximate surface area is 235 Å². The minimum atomic E-state index is -4.66. The number of alkyl halides is 3. The molecule has 41 heavy (non-hydrogen) atoms. The standard InChI is InChI=1S/C28H21ClF3N3O6/c29-18-7-3-15(4-8-18)21-9-10-22(41-21)23-20(25(37)38)12-27(26(39)40,11-19-13-33-14-34-19)35(23)24(36)16-1-5-17(6-2-16)28(30,31)32/h1-10,13-14,20,23H,11-12H2,(H,33,34)(H,37,38)(H,39,40). The SMILES string of the molecule is O=C(O)C1CC(Cc2cnc[nH]2)(C(=O)O)N(C(=O)c2ccc(C(F)(F)F)cc2)C1c1ccc(-c2ccc(Cl)cc2)o1. The van der Waals surface area contributed by atoms with Gasteiger partial charge in [0, 0.05) is 34.5 Å². The molecule has 0 radical (unpaired) electrons. The van der Waals surface area contributed by atoms with E-state index in [1.165, 1.54) is 18.6 Å². The number of carboxylic acids is 2. The second-order valence-electron chi connectivity index (χ2n) is 9.64. The molecule has 1 amide bonds. The lowest BCUT2D eigenvalue weighted by molar-refractivity contribution is -0.149. The van der Waals surface area contributed by atoms with Crippen molar-refractivity contribution in [2.45, 2.75) is 30.6 Å². The molecule has 0 bridgehead atoms. The van der Waals surface area contributed by atoms with Gasteiger partial charge >= 0.3 is 18.1 Å². The first-order valence-corrected chi connectivity index (χ1v) is 12.6. The van der Waals surface area contributed by atoms with E-state index in [4.69, 9.17) is 16.0 Å². The number of nitrogens with zero attached hydrogens (tertiary/aromatic N) is 2. The van der Waals surface area contributed by atoms with Crippen molar-refractivity contribution in [2.24, 2.45) is 5.92 Å². The highest BCUT2D eigenvalue weighted by Gasteiger charge is 2.62. The molecule has 4 aromatic rings. The maximum absolute atomic E-state index is 14.0. The molecule has 3 unspecified atom stereocenters. The maximum Gasteiger partial charge on any atom is 0.416 e. The molecule has 13 heteroatoms. The number of aromatic nitrogens is 2. The highest BCUT2D eigenvalue weighted by molar-refractivity contribution is 6.30. The van der Waals surface area contributed by atoms with Crippen LogP contribution in [0.4, 0.5) is 13.2 Å². The summed E-state index contributed by atoms with van der Waals surface area (Å²) in [7, 11) is 0. The van der Waals surface area contributed by atoms with Gasteiger partial charge in [0.15, 0.2) is 0 Å². The average Bonchev–Trinajstić information content (AvgIpc) is 3.68. The summed E-state index contributed by atoms with van der Waals surface area (Å²) in [5, 5.41) is 21.2. The molecule has 1 aliphatic heterocycles. The fourth-order valence-electron chi connectivity index (χ4n) is 5.23. The van der Waals surface area contributed by atoms with Gasteiger partial charge < -0.3 is 24.5 Å². The van der Waals surface area contributed by atoms with Crippen molar-refractivity contribution in [3.05, 3.63) is 101 Å². The summed E-state index contributed by atoms with van der Waals surface area (Å²) in [5.74, 6) is -4.97. The van der Waals surface area contributed by atoms with Crippen LogP contribution in [-0.4, -0.2) is 48.5 Å². The number of likely N-dealkylation sites (tertiary alicyclic amines) is 1. The van der Waals surface area contributed by atoms with Crippen LogP contribution in [-0.2, 0) is 22.2 Å². The van der Waals surface area contributed by atoms with Gasteiger partial charge in [-0.3, -0.25) is 9.59 Å². The number of rotatable bonds is 7. The molecule has 212 valence electrons. The monoisotopic (exact) mass is 587 g/mol. The van der Waals surface area contributed by atoms with Crippen LogP contribution in [0.15, 0.2) is 77.6 Å². The first-order chi connectivity index (χ1) is 19.4. The van der Waals surface area contributed by atoms with Gasteiger partial charge in [0.05, 0.1) is 17.8 Å². The topological polar surface area (TPSA) is 137 Å². The summed E-state index contributed by atoms with van der Waals surface area (Å²) in [4.78, 5) is 47.1. The van der Waals surface area contributed by atoms with Crippen LogP contribution in [0.5, 0.6) is 0 Å². The lowest BCUT2D eigenvalue weighted by Crippen LogP contribution is -2.55. The molecular formula is C28H21ClF3N3O6. The minimum absolute atomic E-state index is 0.00431. The van der Waals surface area contributed by atoms with Gasteiger partial charge in [0.1, 0.15) is 23.1 Å². The van der Waals surface area contributed by atoms with Gasteiger partial charge in [-0.1, -0.05) is 11.6 Å². The third kappa shape index (κ3) is 5.18. The van der Waals surface area contributed by atoms with Crippen LogP contribution < -0.4 is 0 Å². The number of furan rings is 1. The van der Waals surface area contributed by atoms with E-state index in [1.54, 1.807) is 30.3 Å². The van der Waals surface area contributed by atoms with Crippen molar-refractivity contribution >= 4 is 29.4 Å². The third-order valence-corrected chi connectivity index (χ3v) is 7.41. The molecular weight excluding hydrogens is 567 g/mol. The molecule has 9 nitrogen and oxygen atoms in total. The highest BCUT2D eigenvalue weighted by atomic mass is 35.5. The van der Waals surface area contributed by atoms with Gasteiger partial charge in [0.25, 0.3) is 5.91 Å². The Kier molecular flexibility index (Phi) is 7.12. The molecule has 3 atom stereocenters. The molecule has 3 N–H and O–H groups in total. The molecule has 2 aromatic heterocycles. The van der Waals surface area contributed by atoms with Gasteiger partial charge in [-0.15, -0.1) is 0 Å². The zero-order chi connectivity index (χ0) is 29.5. The number of carbonyl (C=O) groups is 3. The quantitative estimate of drug-likeness (QED) is 0.252. The van der Waals surface area contributed by atoms with Crippen molar-refractivity contribution in [1.29, 1.82) is 0 Å². The number of amides is 1. The summed E-state index contributed by atoms with van der Waals surface area (Å²) in [5.41, 5.74) is -2.48. The number of H-pyrrole nitrogens is 1. The van der Waals surface area contributed by atoms with E-state index < -0.39 is 53.5 Å². The van der Waals surface area contributed by atoms with Crippen LogP contribution in [0, 0.1) is 5.92 Å². The number of aromatic amines is 1.